The van der Waals surface area contributed by atoms with Crippen LogP contribution in [0.25, 0.3) is 0 Å². The molecule has 0 aliphatic rings. The summed E-state index contributed by atoms with van der Waals surface area (Å²) in [6, 6.07) is 9.99. The van der Waals surface area contributed by atoms with Crippen molar-refractivity contribution in [3.8, 4) is 0 Å². The van der Waals surface area contributed by atoms with Gasteiger partial charge in [-0.1, -0.05) is 43.3 Å². The third-order valence-corrected chi connectivity index (χ3v) is 2.91. The lowest BCUT2D eigenvalue weighted by molar-refractivity contribution is -0.0411. The molecule has 1 aromatic rings. The molecule has 0 fully saturated rings. The van der Waals surface area contributed by atoms with Crippen molar-refractivity contribution in [2.75, 3.05) is 0 Å². The Morgan fingerprint density at radius 3 is 2.53 bits per heavy atom. The summed E-state index contributed by atoms with van der Waals surface area (Å²) in [5.74, 6) is 0.313. The van der Waals surface area contributed by atoms with Crippen molar-refractivity contribution in [1.82, 2.24) is 0 Å². The average Bonchev–Trinajstić information content (AvgIpc) is 2.36. The standard InChI is InChI=1S/C15H22O2/c1-4-12(2)10-15(16)13(3)17-11-14-8-6-5-7-9-14/h4-9,12-13,15-16H,1,10-11H2,2-3H3/t12-,13-,15+/m1/s1. The van der Waals surface area contributed by atoms with Gasteiger partial charge in [0, 0.05) is 0 Å². The van der Waals surface area contributed by atoms with Crippen LogP contribution in [-0.2, 0) is 11.3 Å². The Bertz CT molecular complexity index is 321. The Kier molecular flexibility index (Phi) is 5.95. The summed E-state index contributed by atoms with van der Waals surface area (Å²) in [7, 11) is 0. The predicted octanol–water partition coefficient (Wildman–Crippen LogP) is 3.16. The second-order valence-corrected chi connectivity index (χ2v) is 4.52. The van der Waals surface area contributed by atoms with E-state index in [4.69, 9.17) is 4.74 Å². The lowest BCUT2D eigenvalue weighted by Gasteiger charge is -2.21. The van der Waals surface area contributed by atoms with E-state index < -0.39 is 6.10 Å². The highest BCUT2D eigenvalue weighted by Gasteiger charge is 2.16. The molecule has 0 saturated heterocycles. The maximum atomic E-state index is 9.92. The normalized spacial score (nSPS) is 16.2. The summed E-state index contributed by atoms with van der Waals surface area (Å²) in [4.78, 5) is 0. The van der Waals surface area contributed by atoms with E-state index in [0.29, 0.717) is 18.9 Å². The SMILES string of the molecule is C=C[C@@H](C)C[C@H](O)[C@@H](C)OCc1ccccc1. The number of hydrogen-bond donors (Lipinski definition) is 1. The van der Waals surface area contributed by atoms with Crippen molar-refractivity contribution in [1.29, 1.82) is 0 Å². The molecule has 0 aromatic heterocycles. The Morgan fingerprint density at radius 1 is 1.29 bits per heavy atom. The zero-order valence-electron chi connectivity index (χ0n) is 10.7. The molecule has 0 radical (unpaired) electrons. The largest absolute Gasteiger partial charge is 0.390 e. The molecule has 0 aliphatic carbocycles. The number of aliphatic hydroxyl groups is 1. The fourth-order valence-corrected chi connectivity index (χ4v) is 1.58. The average molecular weight is 234 g/mol. The first-order valence-corrected chi connectivity index (χ1v) is 6.09. The molecule has 0 amide bonds. The monoisotopic (exact) mass is 234 g/mol. The molecule has 0 unspecified atom stereocenters. The van der Waals surface area contributed by atoms with Crippen LogP contribution in [0.4, 0.5) is 0 Å². The summed E-state index contributed by atoms with van der Waals surface area (Å²) in [6.07, 6.45) is 1.95. The molecular weight excluding hydrogens is 212 g/mol. The molecule has 0 aliphatic heterocycles. The van der Waals surface area contributed by atoms with E-state index in [1.165, 1.54) is 0 Å². The Hall–Kier alpha value is -1.12. The first-order valence-electron chi connectivity index (χ1n) is 6.09. The van der Waals surface area contributed by atoms with Crippen LogP contribution in [0.15, 0.2) is 43.0 Å². The van der Waals surface area contributed by atoms with E-state index in [1.54, 1.807) is 0 Å². The second-order valence-electron chi connectivity index (χ2n) is 4.52. The highest BCUT2D eigenvalue weighted by atomic mass is 16.5. The molecule has 0 heterocycles. The molecule has 17 heavy (non-hydrogen) atoms. The second kappa shape index (κ2) is 7.25. The first kappa shape index (κ1) is 13.9. The molecule has 1 aromatic carbocycles. The molecular formula is C15H22O2. The van der Waals surface area contributed by atoms with Crippen molar-refractivity contribution < 1.29 is 9.84 Å². The van der Waals surface area contributed by atoms with E-state index in [1.807, 2.05) is 50.3 Å². The smallest absolute Gasteiger partial charge is 0.0810 e. The molecule has 0 saturated carbocycles. The number of hydrogen-bond acceptors (Lipinski definition) is 2. The minimum atomic E-state index is -0.438. The number of allylic oxidation sites excluding steroid dienone is 1. The Balaban J connectivity index is 2.34. The van der Waals surface area contributed by atoms with Gasteiger partial charge in [-0.2, -0.15) is 0 Å². The lowest BCUT2D eigenvalue weighted by Crippen LogP contribution is -2.27. The predicted molar refractivity (Wildman–Crippen MR) is 70.7 cm³/mol. The number of benzene rings is 1. The Labute approximate surface area is 104 Å². The topological polar surface area (TPSA) is 29.5 Å². The quantitative estimate of drug-likeness (QED) is 0.734. The molecule has 2 heteroatoms. The van der Waals surface area contributed by atoms with Crippen molar-refractivity contribution in [3.05, 3.63) is 48.6 Å². The fourth-order valence-electron chi connectivity index (χ4n) is 1.58. The third-order valence-electron chi connectivity index (χ3n) is 2.91. The zero-order chi connectivity index (χ0) is 12.7. The van der Waals surface area contributed by atoms with Crippen LogP contribution in [0.3, 0.4) is 0 Å². The van der Waals surface area contributed by atoms with Crippen LogP contribution in [0, 0.1) is 5.92 Å². The fraction of sp³-hybridized carbons (Fsp3) is 0.467. The van der Waals surface area contributed by atoms with Gasteiger partial charge in [0.05, 0.1) is 18.8 Å². The maximum absolute atomic E-state index is 9.92. The molecule has 94 valence electrons. The van der Waals surface area contributed by atoms with Crippen LogP contribution in [0.1, 0.15) is 25.8 Å². The van der Waals surface area contributed by atoms with Crippen molar-refractivity contribution in [3.63, 3.8) is 0 Å². The minimum absolute atomic E-state index is 0.155. The van der Waals surface area contributed by atoms with Crippen LogP contribution >= 0.6 is 0 Å². The van der Waals surface area contributed by atoms with Gasteiger partial charge in [0.15, 0.2) is 0 Å². The van der Waals surface area contributed by atoms with Crippen molar-refractivity contribution in [2.45, 2.75) is 39.1 Å². The van der Waals surface area contributed by atoms with Crippen molar-refractivity contribution >= 4 is 0 Å². The van der Waals surface area contributed by atoms with E-state index in [0.717, 1.165) is 5.56 Å². The highest BCUT2D eigenvalue weighted by molar-refractivity contribution is 5.13. The summed E-state index contributed by atoms with van der Waals surface area (Å²) in [6.45, 7) is 8.21. The van der Waals surface area contributed by atoms with Crippen LogP contribution in [0.5, 0.6) is 0 Å². The van der Waals surface area contributed by atoms with Gasteiger partial charge in [-0.3, -0.25) is 0 Å². The molecule has 1 N–H and O–H groups in total. The molecule has 0 bridgehead atoms. The lowest BCUT2D eigenvalue weighted by atomic mass is 10.0. The number of ether oxygens (including phenoxy) is 1. The molecule has 2 nitrogen and oxygen atoms in total. The van der Waals surface area contributed by atoms with Gasteiger partial charge in [-0.05, 0) is 24.8 Å². The van der Waals surface area contributed by atoms with E-state index in [2.05, 4.69) is 6.58 Å². The molecule has 0 spiro atoms. The van der Waals surface area contributed by atoms with Gasteiger partial charge in [-0.15, -0.1) is 6.58 Å². The third kappa shape index (κ3) is 5.16. The first-order chi connectivity index (χ1) is 8.13. The van der Waals surface area contributed by atoms with Crippen molar-refractivity contribution in [2.24, 2.45) is 5.92 Å². The van der Waals surface area contributed by atoms with Gasteiger partial charge in [0.25, 0.3) is 0 Å². The van der Waals surface area contributed by atoms with Crippen LogP contribution in [-0.4, -0.2) is 17.3 Å². The van der Waals surface area contributed by atoms with Gasteiger partial charge in [0.1, 0.15) is 0 Å². The number of aliphatic hydroxyl groups excluding tert-OH is 1. The molecule has 1 rings (SSSR count). The maximum Gasteiger partial charge on any atom is 0.0810 e. The van der Waals surface area contributed by atoms with E-state index in [9.17, 15) is 5.11 Å². The van der Waals surface area contributed by atoms with Crippen LogP contribution in [0.2, 0.25) is 0 Å². The van der Waals surface area contributed by atoms with Gasteiger partial charge >= 0.3 is 0 Å². The zero-order valence-corrected chi connectivity index (χ0v) is 10.7. The summed E-state index contributed by atoms with van der Waals surface area (Å²) < 4.78 is 5.65. The van der Waals surface area contributed by atoms with E-state index >= 15 is 0 Å². The summed E-state index contributed by atoms with van der Waals surface area (Å²) >= 11 is 0. The van der Waals surface area contributed by atoms with E-state index in [-0.39, 0.29) is 6.10 Å². The summed E-state index contributed by atoms with van der Waals surface area (Å²) in [5, 5.41) is 9.92. The Morgan fingerprint density at radius 2 is 1.94 bits per heavy atom. The van der Waals surface area contributed by atoms with Gasteiger partial charge in [-0.25, -0.2) is 0 Å². The highest BCUT2D eigenvalue weighted by Crippen LogP contribution is 2.13. The van der Waals surface area contributed by atoms with Crippen LogP contribution < -0.4 is 0 Å². The van der Waals surface area contributed by atoms with Gasteiger partial charge < -0.3 is 9.84 Å². The number of rotatable bonds is 7. The minimum Gasteiger partial charge on any atom is -0.390 e. The molecule has 3 atom stereocenters. The van der Waals surface area contributed by atoms with Gasteiger partial charge in [0.2, 0.25) is 0 Å². The summed E-state index contributed by atoms with van der Waals surface area (Å²) in [5.41, 5.74) is 1.13.